The van der Waals surface area contributed by atoms with E-state index in [1.165, 1.54) is 24.8 Å². The molecule has 1 unspecified atom stereocenters. The second-order valence-electron chi connectivity index (χ2n) is 6.49. The molecular weight excluding hydrogens is 274 g/mol. The molecule has 5 nitrogen and oxygen atoms in total. The molecule has 1 rings (SSSR count). The minimum Gasteiger partial charge on any atom is -0.356 e. The Morgan fingerprint density at radius 1 is 1.27 bits per heavy atom. The second kappa shape index (κ2) is 10.2. The Morgan fingerprint density at radius 3 is 2.64 bits per heavy atom. The van der Waals surface area contributed by atoms with Crippen LogP contribution in [0.2, 0.25) is 0 Å². The van der Waals surface area contributed by atoms with Crippen molar-refractivity contribution in [2.75, 3.05) is 13.6 Å². The summed E-state index contributed by atoms with van der Waals surface area (Å²) in [6, 6.07) is 0.461. The maximum atomic E-state index is 4.30. The molecule has 0 fully saturated rings. The third-order valence-electron chi connectivity index (χ3n) is 3.72. The van der Waals surface area contributed by atoms with Crippen LogP contribution in [0, 0.1) is 5.92 Å². The number of aromatic nitrogens is 2. The van der Waals surface area contributed by atoms with Crippen molar-refractivity contribution in [3.05, 3.63) is 18.0 Å². The zero-order valence-corrected chi connectivity index (χ0v) is 14.9. The summed E-state index contributed by atoms with van der Waals surface area (Å²) in [6.07, 6.45) is 9.88. The van der Waals surface area contributed by atoms with Gasteiger partial charge in [0, 0.05) is 32.9 Å². The average Bonchev–Trinajstić information content (AvgIpc) is 2.87. The van der Waals surface area contributed by atoms with Gasteiger partial charge in [-0.2, -0.15) is 5.10 Å². The lowest BCUT2D eigenvalue weighted by Gasteiger charge is -2.18. The van der Waals surface area contributed by atoms with Gasteiger partial charge in [0.25, 0.3) is 0 Å². The van der Waals surface area contributed by atoms with Gasteiger partial charge in [-0.25, -0.2) is 0 Å². The van der Waals surface area contributed by atoms with E-state index < -0.39 is 0 Å². The Hall–Kier alpha value is -1.52. The van der Waals surface area contributed by atoms with Crippen LogP contribution in [-0.2, 0) is 13.5 Å². The van der Waals surface area contributed by atoms with Gasteiger partial charge in [-0.15, -0.1) is 0 Å². The summed E-state index contributed by atoms with van der Waals surface area (Å²) in [7, 11) is 3.78. The molecule has 0 aliphatic heterocycles. The van der Waals surface area contributed by atoms with Gasteiger partial charge in [-0.3, -0.25) is 9.67 Å². The number of hydrogen-bond acceptors (Lipinski definition) is 2. The highest BCUT2D eigenvalue weighted by atomic mass is 15.2. The van der Waals surface area contributed by atoms with Crippen LogP contribution in [0.15, 0.2) is 17.4 Å². The molecule has 0 saturated carbocycles. The number of guanidine groups is 1. The quantitative estimate of drug-likeness (QED) is 0.419. The van der Waals surface area contributed by atoms with Crippen LogP contribution in [0.4, 0.5) is 0 Å². The molecule has 126 valence electrons. The fraction of sp³-hybridized carbons (Fsp3) is 0.765. The topological polar surface area (TPSA) is 54.2 Å². The largest absolute Gasteiger partial charge is 0.356 e. The van der Waals surface area contributed by atoms with Crippen molar-refractivity contribution in [3.63, 3.8) is 0 Å². The van der Waals surface area contributed by atoms with Gasteiger partial charge >= 0.3 is 0 Å². The summed E-state index contributed by atoms with van der Waals surface area (Å²) in [5, 5.41) is 11.0. The van der Waals surface area contributed by atoms with E-state index >= 15 is 0 Å². The summed E-state index contributed by atoms with van der Waals surface area (Å²) in [6.45, 7) is 7.71. The Bertz CT molecular complexity index is 436. The van der Waals surface area contributed by atoms with E-state index in [0.29, 0.717) is 6.04 Å². The van der Waals surface area contributed by atoms with Crippen LogP contribution in [0.5, 0.6) is 0 Å². The summed E-state index contributed by atoms with van der Waals surface area (Å²) in [4.78, 5) is 4.30. The normalized spacial score (nSPS) is 13.5. The number of nitrogens with zero attached hydrogens (tertiary/aromatic N) is 3. The highest BCUT2D eigenvalue weighted by Crippen LogP contribution is 2.08. The van der Waals surface area contributed by atoms with Gasteiger partial charge in [-0.1, -0.05) is 26.7 Å². The van der Waals surface area contributed by atoms with Gasteiger partial charge in [0.1, 0.15) is 0 Å². The molecular formula is C17H33N5. The predicted molar refractivity (Wildman–Crippen MR) is 94.2 cm³/mol. The van der Waals surface area contributed by atoms with Gasteiger partial charge in [-0.05, 0) is 37.7 Å². The number of hydrogen-bond donors (Lipinski definition) is 2. The van der Waals surface area contributed by atoms with Crippen molar-refractivity contribution in [2.45, 2.75) is 58.9 Å². The standard InChI is InChI=1S/C17H33N5/c1-14(2)8-6-9-15(3)21-17(18-4)19-11-7-10-16-12-20-22(5)13-16/h12-15H,6-11H2,1-5H3,(H2,18,19,21). The summed E-state index contributed by atoms with van der Waals surface area (Å²) in [5.74, 6) is 1.69. The van der Waals surface area contributed by atoms with Gasteiger partial charge in [0.2, 0.25) is 0 Å². The molecule has 1 heterocycles. The molecule has 0 aliphatic carbocycles. The maximum absolute atomic E-state index is 4.30. The minimum absolute atomic E-state index is 0.461. The second-order valence-corrected chi connectivity index (χ2v) is 6.49. The number of aliphatic imine (C=N–C) groups is 1. The molecule has 1 aromatic rings. The monoisotopic (exact) mass is 307 g/mol. The molecule has 2 N–H and O–H groups in total. The highest BCUT2D eigenvalue weighted by molar-refractivity contribution is 5.79. The predicted octanol–water partition coefficient (Wildman–Crippen LogP) is 2.73. The van der Waals surface area contributed by atoms with E-state index in [0.717, 1.165) is 31.3 Å². The van der Waals surface area contributed by atoms with Crippen LogP contribution >= 0.6 is 0 Å². The van der Waals surface area contributed by atoms with E-state index in [2.05, 4.69) is 47.7 Å². The fourth-order valence-electron chi connectivity index (χ4n) is 2.43. The number of rotatable bonds is 9. The first-order valence-corrected chi connectivity index (χ1v) is 8.46. The van der Waals surface area contributed by atoms with Crippen LogP contribution < -0.4 is 10.6 Å². The Balaban J connectivity index is 2.16. The molecule has 22 heavy (non-hydrogen) atoms. The molecule has 0 amide bonds. The number of aryl methyl sites for hydroxylation is 2. The van der Waals surface area contributed by atoms with Crippen molar-refractivity contribution in [3.8, 4) is 0 Å². The molecule has 0 saturated heterocycles. The van der Waals surface area contributed by atoms with Crippen molar-refractivity contribution >= 4 is 5.96 Å². The van der Waals surface area contributed by atoms with Crippen LogP contribution in [0.1, 0.15) is 52.0 Å². The molecule has 0 bridgehead atoms. The molecule has 5 heteroatoms. The van der Waals surface area contributed by atoms with Crippen LogP contribution in [0.25, 0.3) is 0 Å². The Labute approximate surface area is 135 Å². The first-order chi connectivity index (χ1) is 10.5. The van der Waals surface area contributed by atoms with E-state index in [4.69, 9.17) is 0 Å². The SMILES string of the molecule is CN=C(NCCCc1cnn(C)c1)NC(C)CCCC(C)C. The minimum atomic E-state index is 0.461. The first kappa shape index (κ1) is 18.5. The van der Waals surface area contributed by atoms with Gasteiger partial charge < -0.3 is 10.6 Å². The van der Waals surface area contributed by atoms with Crippen molar-refractivity contribution < 1.29 is 0 Å². The lowest BCUT2D eigenvalue weighted by molar-refractivity contribution is 0.491. The molecule has 0 radical (unpaired) electrons. The fourth-order valence-corrected chi connectivity index (χ4v) is 2.43. The zero-order valence-electron chi connectivity index (χ0n) is 14.9. The Morgan fingerprint density at radius 2 is 2.05 bits per heavy atom. The molecule has 1 aromatic heterocycles. The zero-order chi connectivity index (χ0) is 16.4. The van der Waals surface area contributed by atoms with E-state index in [9.17, 15) is 0 Å². The maximum Gasteiger partial charge on any atom is 0.191 e. The molecule has 0 aliphatic rings. The first-order valence-electron chi connectivity index (χ1n) is 8.46. The van der Waals surface area contributed by atoms with Crippen LogP contribution in [-0.4, -0.2) is 35.4 Å². The third-order valence-corrected chi connectivity index (χ3v) is 3.72. The third kappa shape index (κ3) is 8.05. The van der Waals surface area contributed by atoms with E-state index in [-0.39, 0.29) is 0 Å². The molecule has 0 spiro atoms. The average molecular weight is 307 g/mol. The van der Waals surface area contributed by atoms with Crippen LogP contribution in [0.3, 0.4) is 0 Å². The summed E-state index contributed by atoms with van der Waals surface area (Å²) < 4.78 is 1.85. The van der Waals surface area contributed by atoms with E-state index in [1.807, 2.05) is 25.0 Å². The lowest BCUT2D eigenvalue weighted by Crippen LogP contribution is -2.42. The molecule has 1 atom stereocenters. The summed E-state index contributed by atoms with van der Waals surface area (Å²) in [5.41, 5.74) is 1.29. The van der Waals surface area contributed by atoms with E-state index in [1.54, 1.807) is 0 Å². The van der Waals surface area contributed by atoms with Gasteiger partial charge in [0.15, 0.2) is 5.96 Å². The number of nitrogens with one attached hydrogen (secondary N) is 2. The smallest absolute Gasteiger partial charge is 0.191 e. The lowest BCUT2D eigenvalue weighted by atomic mass is 10.0. The van der Waals surface area contributed by atoms with Crippen molar-refractivity contribution in [2.24, 2.45) is 18.0 Å². The van der Waals surface area contributed by atoms with Gasteiger partial charge in [0.05, 0.1) is 6.20 Å². The van der Waals surface area contributed by atoms with Crippen molar-refractivity contribution in [1.29, 1.82) is 0 Å². The highest BCUT2D eigenvalue weighted by Gasteiger charge is 2.05. The Kier molecular flexibility index (Phi) is 8.63. The summed E-state index contributed by atoms with van der Waals surface area (Å²) >= 11 is 0. The van der Waals surface area contributed by atoms with Crippen molar-refractivity contribution in [1.82, 2.24) is 20.4 Å². The molecule has 0 aromatic carbocycles.